The number of fused-ring (bicyclic) bond motifs is 1. The van der Waals surface area contributed by atoms with E-state index in [9.17, 15) is 14.0 Å². The summed E-state index contributed by atoms with van der Waals surface area (Å²) >= 11 is 1.42. The van der Waals surface area contributed by atoms with E-state index >= 15 is 0 Å². The minimum Gasteiger partial charge on any atom is -0.322 e. The van der Waals surface area contributed by atoms with E-state index in [0.29, 0.717) is 10.7 Å². The summed E-state index contributed by atoms with van der Waals surface area (Å²) in [5, 5.41) is 11.5. The number of hydrogen-bond donors (Lipinski definition) is 1. The average Bonchev–Trinajstić information content (AvgIpc) is 3.01. The lowest BCUT2D eigenvalue weighted by molar-refractivity contribution is -0.117. The molecule has 2 aromatic heterocycles. The van der Waals surface area contributed by atoms with Gasteiger partial charge in [0.1, 0.15) is 17.4 Å². The van der Waals surface area contributed by atoms with Gasteiger partial charge in [-0.3, -0.25) is 4.79 Å². The molecule has 0 radical (unpaired) electrons. The Morgan fingerprint density at radius 1 is 1.07 bits per heavy atom. The molecular weight excluding hydrogens is 393 g/mol. The van der Waals surface area contributed by atoms with E-state index in [1.54, 1.807) is 18.2 Å². The van der Waals surface area contributed by atoms with Crippen LogP contribution in [0.2, 0.25) is 0 Å². The Hall–Kier alpha value is -3.46. The van der Waals surface area contributed by atoms with Crippen LogP contribution in [-0.2, 0) is 11.3 Å². The molecule has 29 heavy (non-hydrogen) atoms. The van der Waals surface area contributed by atoms with Gasteiger partial charge in [0.25, 0.3) is 0 Å². The normalized spacial score (nSPS) is 11.0. The van der Waals surface area contributed by atoms with Crippen LogP contribution >= 0.6 is 11.8 Å². The van der Waals surface area contributed by atoms with Gasteiger partial charge in [0.2, 0.25) is 5.91 Å². The maximum Gasteiger partial charge on any atom is 0.367 e. The molecule has 0 saturated heterocycles. The number of amides is 1. The predicted octanol–water partition coefficient (Wildman–Crippen LogP) is 3.13. The van der Waals surface area contributed by atoms with Gasteiger partial charge in [-0.15, -0.1) is 5.10 Å². The molecule has 0 spiro atoms. The molecule has 0 unspecified atom stereocenters. The van der Waals surface area contributed by atoms with E-state index in [2.05, 4.69) is 15.5 Å². The summed E-state index contributed by atoms with van der Waals surface area (Å²) in [5.41, 5.74) is 0.977. The van der Waals surface area contributed by atoms with Crippen molar-refractivity contribution in [2.45, 2.75) is 23.4 Å². The first-order chi connectivity index (χ1) is 14.0. The lowest BCUT2D eigenvalue weighted by Crippen LogP contribution is -2.29. The second-order valence-electron chi connectivity index (χ2n) is 6.32. The molecular formula is C20H16FN5O2S. The van der Waals surface area contributed by atoms with Gasteiger partial charge in [-0.2, -0.15) is 9.61 Å². The van der Waals surface area contributed by atoms with Crippen molar-refractivity contribution >= 4 is 29.0 Å². The van der Waals surface area contributed by atoms with Gasteiger partial charge in [0, 0.05) is 4.90 Å². The van der Waals surface area contributed by atoms with Gasteiger partial charge in [-0.05, 0) is 43.3 Å². The first kappa shape index (κ1) is 18.9. The van der Waals surface area contributed by atoms with E-state index in [4.69, 9.17) is 0 Å². The van der Waals surface area contributed by atoms with Gasteiger partial charge in [0.15, 0.2) is 5.65 Å². The number of benzene rings is 2. The Morgan fingerprint density at radius 3 is 2.59 bits per heavy atom. The number of para-hydroxylation sites is 1. The Morgan fingerprint density at radius 2 is 1.83 bits per heavy atom. The highest BCUT2D eigenvalue weighted by Crippen LogP contribution is 2.25. The first-order valence-electron chi connectivity index (χ1n) is 8.75. The fourth-order valence-corrected chi connectivity index (χ4v) is 3.44. The lowest BCUT2D eigenvalue weighted by atomic mass is 10.2. The Balaban J connectivity index is 1.54. The number of nitrogens with zero attached hydrogens (tertiary/aromatic N) is 4. The van der Waals surface area contributed by atoms with E-state index in [1.165, 1.54) is 30.0 Å². The number of aromatic nitrogens is 4. The molecule has 0 atom stereocenters. The van der Waals surface area contributed by atoms with Crippen molar-refractivity contribution in [1.29, 1.82) is 0 Å². The minimum absolute atomic E-state index is 0.0456. The number of carbonyl (C=O) groups is 1. The molecule has 0 fully saturated rings. The highest BCUT2D eigenvalue weighted by Gasteiger charge is 2.14. The molecule has 146 valence electrons. The Bertz CT molecular complexity index is 1250. The zero-order chi connectivity index (χ0) is 20.4. The Kier molecular flexibility index (Phi) is 5.13. The maximum atomic E-state index is 13.7. The number of nitrogens with one attached hydrogen (secondary N) is 1. The number of carbonyl (C=O) groups excluding carboxylic acids is 1. The molecule has 2 aromatic carbocycles. The molecule has 7 nitrogen and oxygen atoms in total. The second-order valence-corrected chi connectivity index (χ2v) is 7.42. The molecule has 4 aromatic rings. The number of aryl methyl sites for hydroxylation is 1. The molecule has 4 rings (SSSR count). The number of anilines is 1. The fourth-order valence-electron chi connectivity index (χ4n) is 2.66. The van der Waals surface area contributed by atoms with Gasteiger partial charge < -0.3 is 5.32 Å². The third-order valence-electron chi connectivity index (χ3n) is 4.10. The predicted molar refractivity (Wildman–Crippen MR) is 108 cm³/mol. The van der Waals surface area contributed by atoms with Crippen LogP contribution in [0.1, 0.15) is 5.56 Å². The van der Waals surface area contributed by atoms with E-state index < -0.39 is 17.4 Å². The smallest absolute Gasteiger partial charge is 0.322 e. The van der Waals surface area contributed by atoms with Gasteiger partial charge in [-0.1, -0.05) is 41.6 Å². The van der Waals surface area contributed by atoms with Crippen LogP contribution in [0.25, 0.3) is 5.65 Å². The minimum atomic E-state index is -0.560. The first-order valence-corrected chi connectivity index (χ1v) is 9.57. The van der Waals surface area contributed by atoms with Crippen molar-refractivity contribution in [3.8, 4) is 0 Å². The average molecular weight is 409 g/mol. The summed E-state index contributed by atoms with van der Waals surface area (Å²) in [5.74, 6) is -1.11. The molecule has 1 amide bonds. The molecule has 0 bridgehead atoms. The van der Waals surface area contributed by atoms with Crippen LogP contribution in [-0.4, -0.2) is 25.3 Å². The summed E-state index contributed by atoms with van der Waals surface area (Å²) < 4.78 is 15.8. The molecule has 2 heterocycles. The van der Waals surface area contributed by atoms with Crippen LogP contribution in [0.15, 0.2) is 75.4 Å². The summed E-state index contributed by atoms with van der Waals surface area (Å²) in [6, 6.07) is 17.2. The van der Waals surface area contributed by atoms with E-state index in [1.807, 2.05) is 31.2 Å². The van der Waals surface area contributed by atoms with Crippen LogP contribution < -0.4 is 11.0 Å². The standard InChI is InChI=1S/C20H16FN5O2S/c1-13-6-8-14(9-7-13)29-19-11-10-17-23-25(20(28)26(17)24-19)12-18(27)22-16-5-3-2-4-15(16)21/h2-11H,12H2,1H3,(H,22,27). The van der Waals surface area contributed by atoms with Crippen LogP contribution in [0.3, 0.4) is 0 Å². The summed E-state index contributed by atoms with van der Waals surface area (Å²) in [6.07, 6.45) is 0. The van der Waals surface area contributed by atoms with Crippen molar-refractivity contribution < 1.29 is 9.18 Å². The number of halogens is 1. The number of rotatable bonds is 5. The zero-order valence-corrected chi connectivity index (χ0v) is 16.2. The van der Waals surface area contributed by atoms with E-state index in [0.717, 1.165) is 19.7 Å². The van der Waals surface area contributed by atoms with Crippen LogP contribution in [0, 0.1) is 12.7 Å². The highest BCUT2D eigenvalue weighted by molar-refractivity contribution is 7.99. The van der Waals surface area contributed by atoms with Gasteiger partial charge in [0.05, 0.1) is 5.69 Å². The SMILES string of the molecule is Cc1ccc(Sc2ccc3nn(CC(=O)Nc4ccccc4F)c(=O)n3n2)cc1. The zero-order valence-electron chi connectivity index (χ0n) is 15.4. The highest BCUT2D eigenvalue weighted by atomic mass is 32.2. The topological polar surface area (TPSA) is 81.3 Å². The van der Waals surface area contributed by atoms with Crippen molar-refractivity contribution in [2.75, 3.05) is 5.32 Å². The lowest BCUT2D eigenvalue weighted by Gasteiger charge is -2.05. The van der Waals surface area contributed by atoms with Gasteiger partial charge >= 0.3 is 5.69 Å². The van der Waals surface area contributed by atoms with Crippen molar-refractivity contribution in [1.82, 2.24) is 19.4 Å². The molecule has 1 N–H and O–H groups in total. The van der Waals surface area contributed by atoms with E-state index in [-0.39, 0.29) is 12.2 Å². The number of hydrogen-bond acceptors (Lipinski definition) is 5. The van der Waals surface area contributed by atoms with Crippen molar-refractivity contribution in [3.05, 3.63) is 82.5 Å². The van der Waals surface area contributed by atoms with Gasteiger partial charge in [-0.25, -0.2) is 13.9 Å². The maximum absolute atomic E-state index is 13.7. The fraction of sp³-hybridized carbons (Fsp3) is 0.100. The summed E-state index contributed by atoms with van der Waals surface area (Å²) in [7, 11) is 0. The third-order valence-corrected chi connectivity index (χ3v) is 5.04. The Labute approximate surface area is 169 Å². The van der Waals surface area contributed by atoms with Crippen molar-refractivity contribution in [3.63, 3.8) is 0 Å². The molecule has 0 aliphatic heterocycles. The second kappa shape index (κ2) is 7.88. The summed E-state index contributed by atoms with van der Waals surface area (Å²) in [6.45, 7) is 1.66. The molecule has 0 saturated carbocycles. The molecule has 9 heteroatoms. The summed E-state index contributed by atoms with van der Waals surface area (Å²) in [4.78, 5) is 25.8. The largest absolute Gasteiger partial charge is 0.367 e. The molecule has 0 aliphatic carbocycles. The van der Waals surface area contributed by atoms with Crippen LogP contribution in [0.5, 0.6) is 0 Å². The quantitative estimate of drug-likeness (QED) is 0.548. The molecule has 0 aliphatic rings. The van der Waals surface area contributed by atoms with Crippen LogP contribution in [0.4, 0.5) is 10.1 Å². The third kappa shape index (κ3) is 4.19. The van der Waals surface area contributed by atoms with Crippen molar-refractivity contribution in [2.24, 2.45) is 0 Å². The monoisotopic (exact) mass is 409 g/mol.